The van der Waals surface area contributed by atoms with Gasteiger partial charge in [-0.25, -0.2) is 0 Å². The first-order valence-electron chi connectivity index (χ1n) is 8.66. The summed E-state index contributed by atoms with van der Waals surface area (Å²) in [5.74, 6) is 0.464. The number of nitrogens with zero attached hydrogens (tertiary/aromatic N) is 1. The van der Waals surface area contributed by atoms with Crippen molar-refractivity contribution in [3.05, 3.63) is 52.5 Å². The van der Waals surface area contributed by atoms with E-state index in [1.165, 1.54) is 12.8 Å². The molecule has 0 spiro atoms. The fraction of sp³-hybridized carbons (Fsp3) is 0.350. The lowest BCUT2D eigenvalue weighted by atomic mass is 9.98. The van der Waals surface area contributed by atoms with Gasteiger partial charge in [-0.2, -0.15) is 0 Å². The van der Waals surface area contributed by atoms with Crippen LogP contribution in [0.25, 0.3) is 0 Å². The number of aryl methyl sites for hydroxylation is 1. The predicted molar refractivity (Wildman–Crippen MR) is 106 cm³/mol. The lowest BCUT2D eigenvalue weighted by Crippen LogP contribution is -2.34. The van der Waals surface area contributed by atoms with Crippen LogP contribution >= 0.6 is 11.6 Å². The van der Waals surface area contributed by atoms with Crippen LogP contribution in [0.3, 0.4) is 0 Å². The number of anilines is 3. The van der Waals surface area contributed by atoms with Crippen LogP contribution in [0, 0.1) is 12.8 Å². The second-order valence-electron chi connectivity index (χ2n) is 6.88. The summed E-state index contributed by atoms with van der Waals surface area (Å²) in [5, 5.41) is 3.46. The van der Waals surface area contributed by atoms with Gasteiger partial charge in [0.2, 0.25) is 0 Å². The van der Waals surface area contributed by atoms with E-state index in [2.05, 4.69) is 24.1 Å². The molecule has 132 valence electrons. The van der Waals surface area contributed by atoms with Crippen LogP contribution in [0.1, 0.15) is 35.7 Å². The molecule has 0 radical (unpaired) electrons. The molecule has 2 aromatic carbocycles. The highest BCUT2D eigenvalue weighted by Gasteiger charge is 2.19. The Morgan fingerprint density at radius 2 is 2.12 bits per heavy atom. The van der Waals surface area contributed by atoms with E-state index in [-0.39, 0.29) is 5.91 Å². The second-order valence-corrected chi connectivity index (χ2v) is 7.32. The molecule has 5 heteroatoms. The quantitative estimate of drug-likeness (QED) is 0.781. The van der Waals surface area contributed by atoms with Crippen molar-refractivity contribution in [1.29, 1.82) is 0 Å². The molecule has 3 rings (SSSR count). The van der Waals surface area contributed by atoms with Crippen molar-refractivity contribution in [2.75, 3.05) is 29.0 Å². The van der Waals surface area contributed by atoms with E-state index in [4.69, 9.17) is 17.3 Å². The van der Waals surface area contributed by atoms with Gasteiger partial charge in [0, 0.05) is 29.4 Å². The van der Waals surface area contributed by atoms with Crippen LogP contribution in [0.4, 0.5) is 17.1 Å². The first-order chi connectivity index (χ1) is 11.9. The summed E-state index contributed by atoms with van der Waals surface area (Å²) in [6.07, 6.45) is 2.46. The third-order valence-corrected chi connectivity index (χ3v) is 4.94. The molecule has 0 saturated carbocycles. The number of nitrogens with one attached hydrogen (secondary N) is 1. The Morgan fingerprint density at radius 1 is 1.32 bits per heavy atom. The number of hydrogen-bond donors (Lipinski definition) is 2. The molecule has 1 fully saturated rings. The maximum atomic E-state index is 12.5. The normalized spacial score (nSPS) is 17.4. The average molecular weight is 358 g/mol. The van der Waals surface area contributed by atoms with E-state index in [9.17, 15) is 4.79 Å². The minimum atomic E-state index is -0.212. The van der Waals surface area contributed by atoms with Gasteiger partial charge in [0.25, 0.3) is 5.91 Å². The molecule has 0 aromatic heterocycles. The third kappa shape index (κ3) is 4.07. The van der Waals surface area contributed by atoms with Crippen molar-refractivity contribution in [2.24, 2.45) is 5.92 Å². The highest BCUT2D eigenvalue weighted by Crippen LogP contribution is 2.32. The molecule has 1 heterocycles. The first-order valence-corrected chi connectivity index (χ1v) is 9.04. The molecule has 0 aliphatic carbocycles. The molecule has 1 amide bonds. The number of halogens is 1. The number of amides is 1. The van der Waals surface area contributed by atoms with Crippen LogP contribution in [0.15, 0.2) is 36.4 Å². The van der Waals surface area contributed by atoms with Crippen LogP contribution in [0.2, 0.25) is 5.02 Å². The number of carbonyl (C=O) groups is 1. The maximum absolute atomic E-state index is 12.5. The van der Waals surface area contributed by atoms with Gasteiger partial charge < -0.3 is 16.0 Å². The van der Waals surface area contributed by atoms with Gasteiger partial charge in [0.1, 0.15) is 0 Å². The predicted octanol–water partition coefficient (Wildman–Crippen LogP) is 4.72. The highest BCUT2D eigenvalue weighted by molar-refractivity contribution is 6.31. The minimum absolute atomic E-state index is 0.212. The lowest BCUT2D eigenvalue weighted by Gasteiger charge is -2.34. The van der Waals surface area contributed by atoms with Crippen molar-refractivity contribution in [3.63, 3.8) is 0 Å². The summed E-state index contributed by atoms with van der Waals surface area (Å²) in [6.45, 7) is 6.41. The lowest BCUT2D eigenvalue weighted by molar-refractivity contribution is 0.102. The zero-order valence-electron chi connectivity index (χ0n) is 14.7. The van der Waals surface area contributed by atoms with Gasteiger partial charge >= 0.3 is 0 Å². The number of piperidine rings is 1. The summed E-state index contributed by atoms with van der Waals surface area (Å²) in [5.41, 5.74) is 10.1. The Hall–Kier alpha value is -2.20. The van der Waals surface area contributed by atoms with E-state index in [1.807, 2.05) is 12.1 Å². The van der Waals surface area contributed by atoms with Crippen molar-refractivity contribution in [1.82, 2.24) is 0 Å². The van der Waals surface area contributed by atoms with Crippen molar-refractivity contribution in [3.8, 4) is 0 Å². The number of nitrogen functional groups attached to an aromatic ring is 1. The van der Waals surface area contributed by atoms with Gasteiger partial charge in [-0.1, -0.05) is 24.6 Å². The summed E-state index contributed by atoms with van der Waals surface area (Å²) < 4.78 is 0. The van der Waals surface area contributed by atoms with Gasteiger partial charge in [0.15, 0.2) is 0 Å². The third-order valence-electron chi connectivity index (χ3n) is 4.70. The molecule has 1 aliphatic heterocycles. The standard InChI is InChI=1S/C20H24ClN3O/c1-13-5-4-8-24(12-13)19-11-18(17(22)9-14(19)2)23-20(25)15-6-3-7-16(21)10-15/h3,6-7,9-11,13H,4-5,8,12,22H2,1-2H3,(H,23,25)/t13-/m0/s1. The molecule has 2 aromatic rings. The Kier molecular flexibility index (Phi) is 5.19. The molecule has 3 N–H and O–H groups in total. The van der Waals surface area contributed by atoms with E-state index in [1.54, 1.807) is 24.3 Å². The van der Waals surface area contributed by atoms with Gasteiger partial charge in [-0.15, -0.1) is 0 Å². The summed E-state index contributed by atoms with van der Waals surface area (Å²) in [4.78, 5) is 14.9. The number of nitrogens with two attached hydrogens (primary N) is 1. The number of benzene rings is 2. The zero-order chi connectivity index (χ0) is 18.0. The van der Waals surface area contributed by atoms with Crippen molar-refractivity contribution in [2.45, 2.75) is 26.7 Å². The van der Waals surface area contributed by atoms with Crippen LogP contribution in [0.5, 0.6) is 0 Å². The number of carbonyl (C=O) groups excluding carboxylic acids is 1. The van der Waals surface area contributed by atoms with E-state index in [0.717, 1.165) is 24.3 Å². The van der Waals surface area contributed by atoms with Crippen LogP contribution in [-0.2, 0) is 0 Å². The van der Waals surface area contributed by atoms with Crippen LogP contribution in [-0.4, -0.2) is 19.0 Å². The van der Waals surface area contributed by atoms with E-state index in [0.29, 0.717) is 27.9 Å². The highest BCUT2D eigenvalue weighted by atomic mass is 35.5. The molecule has 4 nitrogen and oxygen atoms in total. The van der Waals surface area contributed by atoms with Gasteiger partial charge in [-0.3, -0.25) is 4.79 Å². The molecule has 25 heavy (non-hydrogen) atoms. The zero-order valence-corrected chi connectivity index (χ0v) is 15.4. The molecule has 1 saturated heterocycles. The molecular formula is C20H24ClN3O. The Balaban J connectivity index is 1.86. The largest absolute Gasteiger partial charge is 0.397 e. The fourth-order valence-electron chi connectivity index (χ4n) is 3.40. The SMILES string of the molecule is Cc1cc(N)c(NC(=O)c2cccc(Cl)c2)cc1N1CCC[C@H](C)C1. The second kappa shape index (κ2) is 7.36. The first kappa shape index (κ1) is 17.6. The summed E-state index contributed by atoms with van der Waals surface area (Å²) >= 11 is 5.97. The van der Waals surface area contributed by atoms with Crippen molar-refractivity contribution < 1.29 is 4.79 Å². The Labute approximate surface area is 154 Å². The van der Waals surface area contributed by atoms with Gasteiger partial charge in [-0.05, 0) is 61.6 Å². The Bertz CT molecular complexity index is 791. The smallest absolute Gasteiger partial charge is 0.255 e. The molecule has 0 bridgehead atoms. The molecule has 0 unspecified atom stereocenters. The topological polar surface area (TPSA) is 58.4 Å². The molecule has 1 aliphatic rings. The molecular weight excluding hydrogens is 334 g/mol. The molecule has 1 atom stereocenters. The van der Waals surface area contributed by atoms with E-state index >= 15 is 0 Å². The van der Waals surface area contributed by atoms with Gasteiger partial charge in [0.05, 0.1) is 11.4 Å². The summed E-state index contributed by atoms with van der Waals surface area (Å²) in [6, 6.07) is 10.8. The fourth-order valence-corrected chi connectivity index (χ4v) is 3.59. The monoisotopic (exact) mass is 357 g/mol. The average Bonchev–Trinajstić information content (AvgIpc) is 2.57. The van der Waals surface area contributed by atoms with E-state index < -0.39 is 0 Å². The number of hydrogen-bond acceptors (Lipinski definition) is 3. The maximum Gasteiger partial charge on any atom is 0.255 e. The van der Waals surface area contributed by atoms with Crippen LogP contribution < -0.4 is 16.0 Å². The summed E-state index contributed by atoms with van der Waals surface area (Å²) in [7, 11) is 0. The Morgan fingerprint density at radius 3 is 2.84 bits per heavy atom. The minimum Gasteiger partial charge on any atom is -0.397 e. The van der Waals surface area contributed by atoms with Crippen molar-refractivity contribution >= 4 is 34.6 Å². The number of rotatable bonds is 3.